The number of nitriles is 1. The van der Waals surface area contributed by atoms with Crippen LogP contribution in [0.4, 0.5) is 0 Å². The molecule has 1 rings (SSSR count). The summed E-state index contributed by atoms with van der Waals surface area (Å²) in [4.78, 5) is 22.2. The Morgan fingerprint density at radius 2 is 2.12 bits per heavy atom. The zero-order valence-corrected chi connectivity index (χ0v) is 9.82. The molecule has 0 unspecified atom stereocenters. The molecule has 0 saturated heterocycles. The van der Waals surface area contributed by atoms with Gasteiger partial charge in [0.25, 0.3) is 0 Å². The van der Waals surface area contributed by atoms with Gasteiger partial charge in [0.15, 0.2) is 6.29 Å². The smallest absolute Gasteiger partial charge is 0.310 e. The van der Waals surface area contributed by atoms with Crippen molar-refractivity contribution in [2.24, 2.45) is 0 Å². The second-order valence-corrected chi connectivity index (χ2v) is 3.51. The van der Waals surface area contributed by atoms with Crippen molar-refractivity contribution >= 4 is 12.3 Å². The van der Waals surface area contributed by atoms with Crippen LogP contribution in [0.5, 0.6) is 0 Å². The van der Waals surface area contributed by atoms with Crippen LogP contribution in [0.2, 0.25) is 0 Å². The molecular weight excluding hydrogens is 218 g/mol. The third kappa shape index (κ3) is 2.70. The van der Waals surface area contributed by atoms with E-state index in [2.05, 4.69) is 4.74 Å². The third-order valence-corrected chi connectivity index (χ3v) is 2.60. The minimum atomic E-state index is -0.429. The number of esters is 1. The van der Waals surface area contributed by atoms with Crippen LogP contribution in [-0.2, 0) is 22.4 Å². The second-order valence-electron chi connectivity index (χ2n) is 3.51. The highest BCUT2D eigenvalue weighted by Crippen LogP contribution is 2.18. The zero-order valence-electron chi connectivity index (χ0n) is 9.82. The number of hydrogen-bond acceptors (Lipinski definition) is 4. The lowest BCUT2D eigenvalue weighted by Crippen LogP contribution is -2.09. The number of benzene rings is 1. The van der Waals surface area contributed by atoms with Crippen molar-refractivity contribution in [1.82, 2.24) is 0 Å². The van der Waals surface area contributed by atoms with Crippen molar-refractivity contribution in [3.8, 4) is 6.07 Å². The Morgan fingerprint density at radius 1 is 1.47 bits per heavy atom. The predicted molar refractivity (Wildman–Crippen MR) is 61.6 cm³/mol. The number of carbonyl (C=O) groups is 2. The van der Waals surface area contributed by atoms with E-state index in [1.807, 2.05) is 13.0 Å². The highest BCUT2D eigenvalue weighted by atomic mass is 16.5. The predicted octanol–water partition coefficient (Wildman–Crippen LogP) is 1.65. The van der Waals surface area contributed by atoms with Crippen molar-refractivity contribution in [1.29, 1.82) is 5.26 Å². The minimum absolute atomic E-state index is 0.00322. The Bertz CT molecular complexity index is 486. The number of carbonyl (C=O) groups excluding carboxylic acids is 2. The third-order valence-electron chi connectivity index (χ3n) is 2.60. The highest BCUT2D eigenvalue weighted by Gasteiger charge is 2.14. The summed E-state index contributed by atoms with van der Waals surface area (Å²) >= 11 is 0. The summed E-state index contributed by atoms with van der Waals surface area (Å²) in [6.07, 6.45) is 1.29. The second kappa shape index (κ2) is 5.80. The maximum Gasteiger partial charge on any atom is 0.310 e. The molecule has 0 aliphatic heterocycles. The minimum Gasteiger partial charge on any atom is -0.469 e. The Kier molecular flexibility index (Phi) is 4.41. The van der Waals surface area contributed by atoms with E-state index in [0.717, 1.165) is 5.56 Å². The van der Waals surface area contributed by atoms with Gasteiger partial charge in [-0.05, 0) is 17.5 Å². The van der Waals surface area contributed by atoms with Crippen molar-refractivity contribution in [2.75, 3.05) is 7.11 Å². The fourth-order valence-electron chi connectivity index (χ4n) is 1.65. The first-order chi connectivity index (χ1) is 8.17. The normalized spacial score (nSPS) is 9.47. The number of rotatable bonds is 4. The summed E-state index contributed by atoms with van der Waals surface area (Å²) in [5.41, 5.74) is 1.98. The van der Waals surface area contributed by atoms with Gasteiger partial charge in [0.2, 0.25) is 0 Å². The number of nitrogens with zero attached hydrogens (tertiary/aromatic N) is 1. The quantitative estimate of drug-likeness (QED) is 0.583. The van der Waals surface area contributed by atoms with Gasteiger partial charge in [-0.15, -0.1) is 0 Å². The Hall–Kier alpha value is -2.15. The lowest BCUT2D eigenvalue weighted by atomic mass is 9.94. The average molecular weight is 231 g/mol. The summed E-state index contributed by atoms with van der Waals surface area (Å²) in [6, 6.07) is 5.48. The van der Waals surface area contributed by atoms with Crippen LogP contribution in [0.15, 0.2) is 12.1 Å². The molecule has 0 spiro atoms. The molecule has 1 aromatic rings. The van der Waals surface area contributed by atoms with Crippen molar-refractivity contribution < 1.29 is 14.3 Å². The molecule has 0 aliphatic rings. The molecule has 0 radical (unpaired) electrons. The summed E-state index contributed by atoms with van der Waals surface area (Å²) in [7, 11) is 1.29. The molecule has 88 valence electrons. The molecule has 4 nitrogen and oxygen atoms in total. The van der Waals surface area contributed by atoms with Gasteiger partial charge in [0.1, 0.15) is 6.07 Å². The first-order valence-corrected chi connectivity index (χ1v) is 5.24. The number of aldehydes is 1. The first-order valence-electron chi connectivity index (χ1n) is 5.24. The van der Waals surface area contributed by atoms with E-state index < -0.39 is 5.97 Å². The topological polar surface area (TPSA) is 67.2 Å². The van der Waals surface area contributed by atoms with Crippen molar-refractivity contribution in [3.63, 3.8) is 0 Å². The van der Waals surface area contributed by atoms with Crippen LogP contribution in [0.3, 0.4) is 0 Å². The van der Waals surface area contributed by atoms with Gasteiger partial charge in [-0.1, -0.05) is 19.1 Å². The molecule has 4 heteroatoms. The summed E-state index contributed by atoms with van der Waals surface area (Å²) in [5, 5.41) is 9.05. The molecule has 0 fully saturated rings. The molecule has 0 aromatic heterocycles. The van der Waals surface area contributed by atoms with Crippen LogP contribution in [-0.4, -0.2) is 19.4 Å². The van der Waals surface area contributed by atoms with Gasteiger partial charge in [-0.2, -0.15) is 5.26 Å². The van der Waals surface area contributed by atoms with E-state index in [1.54, 1.807) is 12.1 Å². The van der Waals surface area contributed by atoms with Gasteiger partial charge in [0, 0.05) is 5.56 Å². The fraction of sp³-hybridized carbons (Fsp3) is 0.308. The Morgan fingerprint density at radius 3 is 2.59 bits per heavy atom. The lowest BCUT2D eigenvalue weighted by molar-refractivity contribution is -0.139. The molecular formula is C13H13NO3. The van der Waals surface area contributed by atoms with Crippen molar-refractivity contribution in [3.05, 3.63) is 34.4 Å². The zero-order chi connectivity index (χ0) is 12.8. The molecule has 0 amide bonds. The van der Waals surface area contributed by atoms with E-state index in [0.29, 0.717) is 23.8 Å². The number of methoxy groups -OCH3 is 1. The fourth-order valence-corrected chi connectivity index (χ4v) is 1.65. The summed E-state index contributed by atoms with van der Waals surface area (Å²) in [5.74, 6) is -0.429. The van der Waals surface area contributed by atoms with Gasteiger partial charge < -0.3 is 4.74 Å². The monoisotopic (exact) mass is 231 g/mol. The van der Waals surface area contributed by atoms with Gasteiger partial charge in [0.05, 0.1) is 19.1 Å². The Labute approximate surface area is 99.8 Å². The molecule has 17 heavy (non-hydrogen) atoms. The maximum atomic E-state index is 11.2. The van der Waals surface area contributed by atoms with Gasteiger partial charge in [-0.25, -0.2) is 0 Å². The summed E-state index contributed by atoms with van der Waals surface area (Å²) in [6.45, 7) is 1.91. The first kappa shape index (κ1) is 12.9. The molecule has 0 atom stereocenters. The largest absolute Gasteiger partial charge is 0.469 e. The Balaban J connectivity index is 3.29. The van der Waals surface area contributed by atoms with Crippen LogP contribution in [0.25, 0.3) is 0 Å². The van der Waals surface area contributed by atoms with Crippen LogP contribution in [0.1, 0.15) is 34.0 Å². The van der Waals surface area contributed by atoms with Gasteiger partial charge in [-0.3, -0.25) is 9.59 Å². The number of ether oxygens (including phenoxy) is 1. The van der Waals surface area contributed by atoms with Crippen molar-refractivity contribution in [2.45, 2.75) is 19.8 Å². The van der Waals surface area contributed by atoms with Crippen LogP contribution < -0.4 is 0 Å². The average Bonchev–Trinajstić information content (AvgIpc) is 2.37. The maximum absolute atomic E-state index is 11.2. The number of hydrogen-bond donors (Lipinski definition) is 0. The molecule has 0 N–H and O–H groups in total. The van der Waals surface area contributed by atoms with Crippen LogP contribution >= 0.6 is 0 Å². The van der Waals surface area contributed by atoms with E-state index in [9.17, 15) is 9.59 Å². The molecule has 0 aliphatic carbocycles. The standard InChI is InChI=1S/C13H13NO3/c1-3-9-4-5-10(6-13(16)17-2)12(8-15)11(9)7-14/h4-5,8H,3,6H2,1-2H3. The lowest BCUT2D eigenvalue weighted by Gasteiger charge is -2.08. The SMILES string of the molecule is CCc1ccc(CC(=O)OC)c(C=O)c1C#N. The molecule has 0 saturated carbocycles. The van der Waals surface area contributed by atoms with E-state index >= 15 is 0 Å². The number of aryl methyl sites for hydroxylation is 1. The molecule has 0 heterocycles. The van der Waals surface area contributed by atoms with E-state index in [1.165, 1.54) is 7.11 Å². The van der Waals surface area contributed by atoms with E-state index in [4.69, 9.17) is 5.26 Å². The highest BCUT2D eigenvalue weighted by molar-refractivity contribution is 5.85. The molecule has 0 bridgehead atoms. The summed E-state index contributed by atoms with van der Waals surface area (Å²) < 4.78 is 4.55. The molecule has 1 aromatic carbocycles. The van der Waals surface area contributed by atoms with E-state index in [-0.39, 0.29) is 12.0 Å². The van der Waals surface area contributed by atoms with Crippen LogP contribution in [0, 0.1) is 11.3 Å². The van der Waals surface area contributed by atoms with Gasteiger partial charge >= 0.3 is 5.97 Å².